The molecule has 1 aliphatic carbocycles. The normalized spacial score (nSPS) is 19.7. The molecule has 0 spiro atoms. The predicted octanol–water partition coefficient (Wildman–Crippen LogP) is 2.46. The maximum Gasteiger partial charge on any atom is 0.336 e. The maximum absolute atomic E-state index is 12.1. The summed E-state index contributed by atoms with van der Waals surface area (Å²) in [5.74, 6) is -3.42. The first kappa shape index (κ1) is 17.1. The van der Waals surface area contributed by atoms with Crippen LogP contribution in [0.5, 0.6) is 0 Å². The molecule has 2 aliphatic rings. The lowest BCUT2D eigenvalue weighted by Gasteiger charge is -2.29. The van der Waals surface area contributed by atoms with Gasteiger partial charge in [0.05, 0.1) is 27.3 Å². The number of carbonyl (C=O) groups is 2. The summed E-state index contributed by atoms with van der Waals surface area (Å²) in [5.41, 5.74) is 7.35. The van der Waals surface area contributed by atoms with Gasteiger partial charge in [-0.15, -0.1) is 11.3 Å². The highest BCUT2D eigenvalue weighted by Gasteiger charge is 2.43. The Bertz CT molecular complexity index is 1100. The van der Waals surface area contributed by atoms with E-state index >= 15 is 0 Å². The SMILES string of the molecule is N#Cc1cccc2c(C3C(C(=O)O)=C(N)NC(C4CC4)=C3C(=O)O)csc12. The van der Waals surface area contributed by atoms with Gasteiger partial charge in [-0.3, -0.25) is 0 Å². The molecule has 1 aliphatic heterocycles. The molecule has 1 aromatic carbocycles. The zero-order chi connectivity index (χ0) is 19.3. The zero-order valence-corrected chi connectivity index (χ0v) is 14.8. The minimum Gasteiger partial charge on any atom is -0.478 e. The first-order chi connectivity index (χ1) is 12.9. The van der Waals surface area contributed by atoms with Crippen LogP contribution < -0.4 is 11.1 Å². The van der Waals surface area contributed by atoms with Crippen LogP contribution in [0.1, 0.15) is 29.9 Å². The highest BCUT2D eigenvalue weighted by molar-refractivity contribution is 7.17. The molecule has 27 heavy (non-hydrogen) atoms. The van der Waals surface area contributed by atoms with Gasteiger partial charge in [0.1, 0.15) is 11.9 Å². The lowest BCUT2D eigenvalue weighted by molar-refractivity contribution is -0.133. The van der Waals surface area contributed by atoms with Gasteiger partial charge in [0, 0.05) is 5.70 Å². The number of nitriles is 1. The second-order valence-electron chi connectivity index (χ2n) is 6.58. The number of dihydropyridines is 1. The van der Waals surface area contributed by atoms with Gasteiger partial charge in [0.25, 0.3) is 0 Å². The zero-order valence-electron chi connectivity index (χ0n) is 14.0. The largest absolute Gasteiger partial charge is 0.478 e. The summed E-state index contributed by atoms with van der Waals surface area (Å²) in [6, 6.07) is 7.27. The van der Waals surface area contributed by atoms with E-state index in [0.29, 0.717) is 26.9 Å². The third-order valence-electron chi connectivity index (χ3n) is 4.93. The van der Waals surface area contributed by atoms with E-state index in [-0.39, 0.29) is 22.9 Å². The Morgan fingerprint density at radius 2 is 1.93 bits per heavy atom. The molecule has 1 aromatic heterocycles. The van der Waals surface area contributed by atoms with Crippen LogP contribution in [0.2, 0.25) is 0 Å². The van der Waals surface area contributed by atoms with E-state index in [1.165, 1.54) is 11.3 Å². The monoisotopic (exact) mass is 381 g/mol. The summed E-state index contributed by atoms with van der Waals surface area (Å²) in [7, 11) is 0. The smallest absolute Gasteiger partial charge is 0.336 e. The Balaban J connectivity index is 2.01. The molecule has 0 radical (unpaired) electrons. The first-order valence-electron chi connectivity index (χ1n) is 8.31. The fourth-order valence-electron chi connectivity index (χ4n) is 3.61. The van der Waals surface area contributed by atoms with E-state index in [0.717, 1.165) is 12.8 Å². The quantitative estimate of drug-likeness (QED) is 0.638. The lowest BCUT2D eigenvalue weighted by atomic mass is 9.80. The molecule has 0 saturated heterocycles. The molecule has 2 heterocycles. The average molecular weight is 381 g/mol. The Hall–Kier alpha value is -3.31. The lowest BCUT2D eigenvalue weighted by Crippen LogP contribution is -2.36. The summed E-state index contributed by atoms with van der Waals surface area (Å²) in [4.78, 5) is 24.1. The van der Waals surface area contributed by atoms with E-state index < -0.39 is 17.9 Å². The van der Waals surface area contributed by atoms with Crippen LogP contribution in [-0.4, -0.2) is 22.2 Å². The van der Waals surface area contributed by atoms with Crippen LogP contribution in [-0.2, 0) is 9.59 Å². The van der Waals surface area contributed by atoms with Crippen molar-refractivity contribution in [2.24, 2.45) is 11.7 Å². The number of hydrogen-bond acceptors (Lipinski definition) is 6. The van der Waals surface area contributed by atoms with E-state index in [1.54, 1.807) is 23.6 Å². The van der Waals surface area contributed by atoms with Gasteiger partial charge in [-0.25, -0.2) is 9.59 Å². The third kappa shape index (κ3) is 2.64. The summed E-state index contributed by atoms with van der Waals surface area (Å²) in [6.45, 7) is 0. The number of nitrogens with two attached hydrogens (primary N) is 1. The van der Waals surface area contributed by atoms with Crippen molar-refractivity contribution in [2.75, 3.05) is 0 Å². The Morgan fingerprint density at radius 3 is 2.52 bits per heavy atom. The molecular weight excluding hydrogens is 366 g/mol. The second kappa shape index (κ2) is 6.14. The number of benzene rings is 1. The maximum atomic E-state index is 12.1. The molecule has 5 N–H and O–H groups in total. The molecular formula is C19H15N3O4S. The Kier molecular flexibility index (Phi) is 3.89. The standard InChI is InChI=1S/C19H15N3O4S/c20-6-9-2-1-3-10-11(7-27-16(9)10)12-13(18(23)24)15(8-4-5-8)22-17(21)14(12)19(25)26/h1-3,7-8,12,22H,4-5,21H2,(H,23,24)(H,25,26). The van der Waals surface area contributed by atoms with Crippen molar-refractivity contribution < 1.29 is 19.8 Å². The molecule has 1 unspecified atom stereocenters. The van der Waals surface area contributed by atoms with E-state index in [4.69, 9.17) is 5.73 Å². The van der Waals surface area contributed by atoms with Crippen LogP contribution in [0.25, 0.3) is 10.1 Å². The summed E-state index contributed by atoms with van der Waals surface area (Å²) < 4.78 is 0.703. The number of nitrogens with one attached hydrogen (secondary N) is 1. The molecule has 1 atom stereocenters. The fourth-order valence-corrected chi connectivity index (χ4v) is 4.67. The average Bonchev–Trinajstić information content (AvgIpc) is 3.38. The number of hydrogen-bond donors (Lipinski definition) is 4. The molecule has 136 valence electrons. The molecule has 0 amide bonds. The highest BCUT2D eigenvalue weighted by Crippen LogP contribution is 2.47. The van der Waals surface area contributed by atoms with Crippen LogP contribution >= 0.6 is 11.3 Å². The third-order valence-corrected chi connectivity index (χ3v) is 5.98. The van der Waals surface area contributed by atoms with Crippen molar-refractivity contribution in [3.8, 4) is 6.07 Å². The van der Waals surface area contributed by atoms with Crippen molar-refractivity contribution in [3.63, 3.8) is 0 Å². The van der Waals surface area contributed by atoms with Gasteiger partial charge >= 0.3 is 11.9 Å². The minimum atomic E-state index is -1.27. The van der Waals surface area contributed by atoms with Crippen LogP contribution in [0.3, 0.4) is 0 Å². The van der Waals surface area contributed by atoms with Gasteiger partial charge < -0.3 is 21.3 Å². The van der Waals surface area contributed by atoms with Gasteiger partial charge in [0.2, 0.25) is 0 Å². The van der Waals surface area contributed by atoms with Crippen molar-refractivity contribution in [1.82, 2.24) is 5.32 Å². The van der Waals surface area contributed by atoms with Crippen molar-refractivity contribution in [1.29, 1.82) is 5.26 Å². The minimum absolute atomic E-state index is 0.0196. The number of nitrogens with zero attached hydrogens (tertiary/aromatic N) is 1. The summed E-state index contributed by atoms with van der Waals surface area (Å²) >= 11 is 1.30. The van der Waals surface area contributed by atoms with E-state index in [9.17, 15) is 25.1 Å². The van der Waals surface area contributed by atoms with E-state index in [2.05, 4.69) is 11.4 Å². The van der Waals surface area contributed by atoms with Gasteiger partial charge in [-0.05, 0) is 41.2 Å². The first-order valence-corrected chi connectivity index (χ1v) is 9.19. The topological polar surface area (TPSA) is 136 Å². The van der Waals surface area contributed by atoms with Gasteiger partial charge in [-0.1, -0.05) is 12.1 Å². The van der Waals surface area contributed by atoms with Crippen LogP contribution in [0, 0.1) is 17.2 Å². The molecule has 2 aromatic rings. The number of thiophene rings is 1. The van der Waals surface area contributed by atoms with Crippen molar-refractivity contribution in [3.05, 3.63) is 57.4 Å². The Labute approximate surface area is 158 Å². The molecule has 4 rings (SSSR count). The number of aliphatic carboxylic acids is 2. The van der Waals surface area contributed by atoms with Gasteiger partial charge in [0.15, 0.2) is 0 Å². The van der Waals surface area contributed by atoms with Gasteiger partial charge in [-0.2, -0.15) is 5.26 Å². The molecule has 1 fully saturated rings. The predicted molar refractivity (Wildman–Crippen MR) is 98.7 cm³/mol. The Morgan fingerprint density at radius 1 is 1.22 bits per heavy atom. The molecule has 0 bridgehead atoms. The number of fused-ring (bicyclic) bond motifs is 1. The number of allylic oxidation sites excluding steroid dienone is 1. The van der Waals surface area contributed by atoms with Crippen molar-refractivity contribution >= 4 is 33.4 Å². The van der Waals surface area contributed by atoms with Crippen LogP contribution in [0.4, 0.5) is 0 Å². The number of carboxylic acid groups (broad SMARTS) is 2. The summed E-state index contributed by atoms with van der Waals surface area (Å²) in [6.07, 6.45) is 1.68. The fraction of sp³-hybridized carbons (Fsp3) is 0.211. The second-order valence-corrected chi connectivity index (χ2v) is 7.46. The number of rotatable bonds is 4. The van der Waals surface area contributed by atoms with E-state index in [1.807, 2.05) is 0 Å². The highest BCUT2D eigenvalue weighted by atomic mass is 32.1. The number of carboxylic acids is 2. The molecule has 7 nitrogen and oxygen atoms in total. The van der Waals surface area contributed by atoms with Crippen LogP contribution in [0.15, 0.2) is 46.2 Å². The van der Waals surface area contributed by atoms with Crippen molar-refractivity contribution in [2.45, 2.75) is 18.8 Å². The summed E-state index contributed by atoms with van der Waals surface area (Å²) in [5, 5.41) is 34.2. The molecule has 1 saturated carbocycles. The molecule has 8 heteroatoms.